The fourth-order valence-electron chi connectivity index (χ4n) is 8.63. The number of hydrogen-bond acceptors (Lipinski definition) is 8. The van der Waals surface area contributed by atoms with Crippen LogP contribution in [0.2, 0.25) is 0 Å². The summed E-state index contributed by atoms with van der Waals surface area (Å²) >= 11 is 0. The van der Waals surface area contributed by atoms with Crippen LogP contribution in [-0.4, -0.2) is 81.3 Å². The molecule has 306 valence electrons. The van der Waals surface area contributed by atoms with Crippen molar-refractivity contribution in [2.24, 2.45) is 5.73 Å². The topological polar surface area (TPSA) is 131 Å². The number of benzene rings is 4. The SMILES string of the molecule is CCc1nc2c(cnn2CC)c(NC2CCOCC2)c1CN(Cc1ccc(F)c(-c2cccc(CN3CCN[C@@H](C)C3)c2)c1)C(=O)c1cc2ccccc2cc1C(N)=O. The van der Waals surface area contributed by atoms with E-state index in [9.17, 15) is 4.79 Å². The van der Waals surface area contributed by atoms with E-state index >= 15 is 9.18 Å². The molecule has 4 aromatic carbocycles. The summed E-state index contributed by atoms with van der Waals surface area (Å²) in [4.78, 5) is 37.5. The molecule has 2 aliphatic rings. The lowest BCUT2D eigenvalue weighted by Crippen LogP contribution is -2.48. The van der Waals surface area contributed by atoms with Gasteiger partial charge in [-0.05, 0) is 90.9 Å². The number of primary amides is 1. The maximum Gasteiger partial charge on any atom is 0.255 e. The number of carbonyl (C=O) groups excluding carboxylic acids is 2. The van der Waals surface area contributed by atoms with Crippen molar-refractivity contribution in [1.29, 1.82) is 0 Å². The number of anilines is 1. The van der Waals surface area contributed by atoms with E-state index in [4.69, 9.17) is 15.5 Å². The van der Waals surface area contributed by atoms with Crippen LogP contribution in [0.1, 0.15) is 76.7 Å². The number of nitrogens with one attached hydrogen (secondary N) is 2. The number of aryl methyl sites for hydroxylation is 2. The molecule has 1 atom stereocenters. The van der Waals surface area contributed by atoms with Gasteiger partial charge < -0.3 is 26.0 Å². The molecule has 2 aliphatic heterocycles. The Kier molecular flexibility index (Phi) is 12.0. The molecule has 2 amide bonds. The molecular formula is C47H53FN8O3. The first kappa shape index (κ1) is 40.1. The second-order valence-corrected chi connectivity index (χ2v) is 15.9. The molecule has 59 heavy (non-hydrogen) atoms. The van der Waals surface area contributed by atoms with Gasteiger partial charge in [0.1, 0.15) is 5.82 Å². The van der Waals surface area contributed by atoms with Crippen molar-refractivity contribution in [1.82, 2.24) is 29.9 Å². The first-order valence-corrected chi connectivity index (χ1v) is 20.9. The lowest BCUT2D eigenvalue weighted by atomic mass is 9.97. The van der Waals surface area contributed by atoms with E-state index in [0.717, 1.165) is 94.5 Å². The van der Waals surface area contributed by atoms with Gasteiger partial charge in [-0.15, -0.1) is 0 Å². The predicted octanol–water partition coefficient (Wildman–Crippen LogP) is 7.30. The third-order valence-corrected chi connectivity index (χ3v) is 11.7. The zero-order valence-corrected chi connectivity index (χ0v) is 34.1. The Morgan fingerprint density at radius 1 is 0.966 bits per heavy atom. The van der Waals surface area contributed by atoms with Gasteiger partial charge in [-0.3, -0.25) is 14.5 Å². The highest BCUT2D eigenvalue weighted by molar-refractivity contribution is 6.10. The molecule has 4 N–H and O–H groups in total. The van der Waals surface area contributed by atoms with Crippen molar-refractivity contribution in [3.05, 3.63) is 124 Å². The number of pyridine rings is 1. The Hall–Kier alpha value is -5.69. The zero-order chi connectivity index (χ0) is 41.0. The number of rotatable bonds is 13. The highest BCUT2D eigenvalue weighted by atomic mass is 19.1. The van der Waals surface area contributed by atoms with Crippen LogP contribution in [0.5, 0.6) is 0 Å². The molecule has 2 saturated heterocycles. The summed E-state index contributed by atoms with van der Waals surface area (Å²) in [6, 6.07) is 24.7. The standard InChI is InChI=1S/C47H53FN8O3/c1-4-43-41(44(52-36-15-19-59-20-16-36)40-25-51-56(5-2)46(40)53-43)29-55(47(58)39-24-34-11-7-6-10-33(34)23-38(39)45(49)57)28-32-13-14-42(48)37(22-32)35-12-8-9-31(21-35)27-54-18-17-50-30(3)26-54/h6-14,21-25,30,36,50H,4-5,15-20,26-29H2,1-3H3,(H2,49,57)(H,52,53)/t30-/m0/s1. The predicted molar refractivity (Wildman–Crippen MR) is 231 cm³/mol. The van der Waals surface area contributed by atoms with E-state index in [1.165, 1.54) is 6.07 Å². The van der Waals surface area contributed by atoms with E-state index in [-0.39, 0.29) is 42.0 Å². The lowest BCUT2D eigenvalue weighted by Gasteiger charge is -2.31. The van der Waals surface area contributed by atoms with Gasteiger partial charge in [-0.2, -0.15) is 5.10 Å². The summed E-state index contributed by atoms with van der Waals surface area (Å²) in [5, 5.41) is 14.5. The molecule has 4 heterocycles. The first-order valence-electron chi connectivity index (χ1n) is 20.9. The summed E-state index contributed by atoms with van der Waals surface area (Å²) in [5.41, 5.74) is 12.8. The van der Waals surface area contributed by atoms with Crippen molar-refractivity contribution in [3.63, 3.8) is 0 Å². The summed E-state index contributed by atoms with van der Waals surface area (Å²) < 4.78 is 23.5. The summed E-state index contributed by atoms with van der Waals surface area (Å²) in [6.07, 6.45) is 4.13. The molecule has 0 unspecified atom stereocenters. The number of fused-ring (bicyclic) bond motifs is 2. The van der Waals surface area contributed by atoms with Gasteiger partial charge >= 0.3 is 0 Å². The Balaban J connectivity index is 1.22. The number of carbonyl (C=O) groups is 2. The van der Waals surface area contributed by atoms with Crippen molar-refractivity contribution < 1.29 is 18.7 Å². The van der Waals surface area contributed by atoms with Gasteiger partial charge in [0.25, 0.3) is 5.91 Å². The van der Waals surface area contributed by atoms with Crippen LogP contribution in [-0.2, 0) is 37.3 Å². The average molecular weight is 797 g/mol. The van der Waals surface area contributed by atoms with Gasteiger partial charge in [0.05, 0.1) is 34.9 Å². The van der Waals surface area contributed by atoms with E-state index in [2.05, 4.69) is 46.6 Å². The highest BCUT2D eigenvalue weighted by Gasteiger charge is 2.28. The Labute approximate surface area is 344 Å². The third-order valence-electron chi connectivity index (χ3n) is 11.7. The Morgan fingerprint density at radius 3 is 2.47 bits per heavy atom. The van der Waals surface area contributed by atoms with E-state index in [1.807, 2.05) is 60.3 Å². The van der Waals surface area contributed by atoms with Gasteiger partial charge in [0.15, 0.2) is 5.65 Å². The minimum Gasteiger partial charge on any atom is -0.381 e. The molecule has 0 spiro atoms. The number of halogens is 1. The highest BCUT2D eigenvalue weighted by Crippen LogP contribution is 2.34. The second-order valence-electron chi connectivity index (χ2n) is 15.9. The van der Waals surface area contributed by atoms with Crippen molar-refractivity contribution in [3.8, 4) is 11.1 Å². The van der Waals surface area contributed by atoms with Gasteiger partial charge in [-0.25, -0.2) is 14.1 Å². The monoisotopic (exact) mass is 796 g/mol. The van der Waals surface area contributed by atoms with Gasteiger partial charge in [0, 0.05) is 81.4 Å². The van der Waals surface area contributed by atoms with Crippen LogP contribution in [0.15, 0.2) is 85.1 Å². The van der Waals surface area contributed by atoms with E-state index in [0.29, 0.717) is 37.8 Å². The van der Waals surface area contributed by atoms with E-state index in [1.54, 1.807) is 23.1 Å². The number of amides is 2. The number of aromatic nitrogens is 3. The molecule has 0 saturated carbocycles. The number of nitrogens with zero attached hydrogens (tertiary/aromatic N) is 5. The molecule has 0 bridgehead atoms. The van der Waals surface area contributed by atoms with Gasteiger partial charge in [-0.1, -0.05) is 55.5 Å². The summed E-state index contributed by atoms with van der Waals surface area (Å²) in [5.74, 6) is -1.40. The van der Waals surface area contributed by atoms with Crippen LogP contribution < -0.4 is 16.4 Å². The Bertz CT molecular complexity index is 2500. The lowest BCUT2D eigenvalue weighted by molar-refractivity contribution is 0.0725. The van der Waals surface area contributed by atoms with Crippen LogP contribution in [0, 0.1) is 5.82 Å². The molecule has 12 heteroatoms. The quantitative estimate of drug-likeness (QED) is 0.111. The maximum absolute atomic E-state index is 15.9. The molecule has 11 nitrogen and oxygen atoms in total. The minimum absolute atomic E-state index is 0.127. The summed E-state index contributed by atoms with van der Waals surface area (Å²) in [7, 11) is 0. The third kappa shape index (κ3) is 8.71. The molecule has 2 fully saturated rings. The number of hydrogen-bond donors (Lipinski definition) is 3. The second kappa shape index (κ2) is 17.7. The maximum atomic E-state index is 15.9. The fourth-order valence-corrected chi connectivity index (χ4v) is 8.63. The summed E-state index contributed by atoms with van der Waals surface area (Å²) in [6.45, 7) is 12.2. The largest absolute Gasteiger partial charge is 0.381 e. The van der Waals surface area contributed by atoms with E-state index < -0.39 is 5.91 Å². The smallest absolute Gasteiger partial charge is 0.255 e. The first-order chi connectivity index (χ1) is 28.7. The normalized spacial score (nSPS) is 16.4. The zero-order valence-electron chi connectivity index (χ0n) is 34.1. The van der Waals surface area contributed by atoms with Crippen molar-refractivity contribution >= 4 is 39.3 Å². The molecule has 8 rings (SSSR count). The van der Waals surface area contributed by atoms with Crippen LogP contribution >= 0.6 is 0 Å². The number of nitrogens with two attached hydrogens (primary N) is 1. The number of piperazine rings is 1. The molecule has 0 aliphatic carbocycles. The fraction of sp³-hybridized carbons (Fsp3) is 0.362. The average Bonchev–Trinajstić information content (AvgIpc) is 3.67. The van der Waals surface area contributed by atoms with Crippen LogP contribution in [0.3, 0.4) is 0 Å². The van der Waals surface area contributed by atoms with Gasteiger partial charge in [0.2, 0.25) is 5.91 Å². The Morgan fingerprint density at radius 2 is 1.75 bits per heavy atom. The molecule has 0 radical (unpaired) electrons. The van der Waals surface area contributed by atoms with Crippen LogP contribution in [0.4, 0.5) is 10.1 Å². The number of ether oxygens (including phenoxy) is 1. The van der Waals surface area contributed by atoms with Crippen molar-refractivity contribution in [2.45, 2.75) is 78.3 Å². The molecule has 2 aromatic heterocycles. The minimum atomic E-state index is -0.690. The molecular weight excluding hydrogens is 744 g/mol. The van der Waals surface area contributed by atoms with Crippen molar-refractivity contribution in [2.75, 3.05) is 38.2 Å². The molecule has 6 aromatic rings. The van der Waals surface area contributed by atoms with Crippen LogP contribution in [0.25, 0.3) is 32.9 Å².